The SMILES string of the molecule is CCOC(=O)CC(O)C(O)c1cnc2[nH]ccc2n1. The van der Waals surface area contributed by atoms with Crippen LogP contribution in [0.2, 0.25) is 0 Å². The summed E-state index contributed by atoms with van der Waals surface area (Å²) in [6.45, 7) is 1.91. The van der Waals surface area contributed by atoms with Crippen LogP contribution < -0.4 is 0 Å². The summed E-state index contributed by atoms with van der Waals surface area (Å²) in [5.74, 6) is -0.565. The molecule has 0 aliphatic rings. The van der Waals surface area contributed by atoms with Gasteiger partial charge in [-0.1, -0.05) is 0 Å². The second kappa shape index (κ2) is 5.77. The quantitative estimate of drug-likeness (QED) is 0.671. The molecular formula is C12H15N3O4. The number of nitrogens with zero attached hydrogens (tertiary/aromatic N) is 2. The molecule has 0 bridgehead atoms. The number of ether oxygens (including phenoxy) is 1. The molecule has 0 aliphatic heterocycles. The topological polar surface area (TPSA) is 108 Å². The number of carbonyl (C=O) groups is 1. The zero-order valence-corrected chi connectivity index (χ0v) is 10.4. The van der Waals surface area contributed by atoms with Gasteiger partial charge in [-0.15, -0.1) is 0 Å². The molecule has 19 heavy (non-hydrogen) atoms. The summed E-state index contributed by atoms with van der Waals surface area (Å²) >= 11 is 0. The Bertz CT molecular complexity index is 569. The molecule has 0 saturated heterocycles. The van der Waals surface area contributed by atoms with E-state index in [1.54, 1.807) is 19.2 Å². The summed E-state index contributed by atoms with van der Waals surface area (Å²) < 4.78 is 4.71. The molecule has 0 radical (unpaired) electrons. The fourth-order valence-corrected chi connectivity index (χ4v) is 1.69. The summed E-state index contributed by atoms with van der Waals surface area (Å²) in [6, 6.07) is 1.70. The molecule has 0 spiro atoms. The van der Waals surface area contributed by atoms with E-state index in [1.165, 1.54) is 6.20 Å². The van der Waals surface area contributed by atoms with E-state index >= 15 is 0 Å². The van der Waals surface area contributed by atoms with E-state index in [9.17, 15) is 15.0 Å². The molecule has 3 N–H and O–H groups in total. The molecule has 0 aliphatic carbocycles. The third-order valence-corrected chi connectivity index (χ3v) is 2.63. The Kier molecular flexibility index (Phi) is 4.08. The minimum Gasteiger partial charge on any atom is -0.466 e. The van der Waals surface area contributed by atoms with Crippen molar-refractivity contribution in [3.8, 4) is 0 Å². The lowest BCUT2D eigenvalue weighted by Gasteiger charge is -2.16. The van der Waals surface area contributed by atoms with Crippen molar-refractivity contribution in [3.63, 3.8) is 0 Å². The average molecular weight is 265 g/mol. The minimum atomic E-state index is -1.28. The predicted octanol–water partition coefficient (Wildman–Crippen LogP) is 0.305. The first-order valence-electron chi connectivity index (χ1n) is 5.93. The normalized spacial score (nSPS) is 14.3. The number of esters is 1. The molecule has 2 unspecified atom stereocenters. The number of rotatable bonds is 5. The Hall–Kier alpha value is -1.99. The highest BCUT2D eigenvalue weighted by molar-refractivity contribution is 5.71. The van der Waals surface area contributed by atoms with Crippen molar-refractivity contribution in [1.82, 2.24) is 15.0 Å². The zero-order valence-electron chi connectivity index (χ0n) is 10.4. The summed E-state index contributed by atoms with van der Waals surface area (Å²) in [4.78, 5) is 22.3. The van der Waals surface area contributed by atoms with Gasteiger partial charge in [0.2, 0.25) is 0 Å². The molecule has 7 nitrogen and oxygen atoms in total. The van der Waals surface area contributed by atoms with Crippen molar-refractivity contribution in [2.45, 2.75) is 25.6 Å². The molecule has 102 valence electrons. The van der Waals surface area contributed by atoms with Gasteiger partial charge in [0.15, 0.2) is 5.65 Å². The number of aromatic nitrogens is 3. The number of aliphatic hydroxyl groups is 2. The van der Waals surface area contributed by atoms with Crippen molar-refractivity contribution in [2.75, 3.05) is 6.61 Å². The molecular weight excluding hydrogens is 250 g/mol. The lowest BCUT2D eigenvalue weighted by Crippen LogP contribution is -2.24. The predicted molar refractivity (Wildman–Crippen MR) is 66.1 cm³/mol. The van der Waals surface area contributed by atoms with Crippen molar-refractivity contribution in [3.05, 3.63) is 24.2 Å². The van der Waals surface area contributed by atoms with Crippen LogP contribution in [0.3, 0.4) is 0 Å². The van der Waals surface area contributed by atoms with E-state index in [0.29, 0.717) is 11.2 Å². The molecule has 2 rings (SSSR count). The van der Waals surface area contributed by atoms with Crippen molar-refractivity contribution in [1.29, 1.82) is 0 Å². The molecule has 2 aromatic rings. The highest BCUT2D eigenvalue weighted by atomic mass is 16.5. The maximum absolute atomic E-state index is 11.2. The smallest absolute Gasteiger partial charge is 0.308 e. The lowest BCUT2D eigenvalue weighted by atomic mass is 10.1. The Morgan fingerprint density at radius 3 is 3.05 bits per heavy atom. The summed E-state index contributed by atoms with van der Waals surface area (Å²) in [5.41, 5.74) is 1.39. The molecule has 0 fully saturated rings. The van der Waals surface area contributed by atoms with Gasteiger partial charge < -0.3 is 19.9 Å². The first-order valence-corrected chi connectivity index (χ1v) is 5.93. The molecule has 2 heterocycles. The Morgan fingerprint density at radius 2 is 2.32 bits per heavy atom. The second-order valence-corrected chi connectivity index (χ2v) is 4.03. The molecule has 7 heteroatoms. The second-order valence-electron chi connectivity index (χ2n) is 4.03. The van der Waals surface area contributed by atoms with Gasteiger partial charge in [-0.25, -0.2) is 9.97 Å². The number of aromatic amines is 1. The van der Waals surface area contributed by atoms with Crippen LogP contribution in [0.15, 0.2) is 18.5 Å². The average Bonchev–Trinajstić information content (AvgIpc) is 2.85. The Labute approximate surface area is 109 Å². The number of H-pyrrole nitrogens is 1. The third-order valence-electron chi connectivity index (χ3n) is 2.63. The van der Waals surface area contributed by atoms with Crippen LogP contribution in [-0.2, 0) is 9.53 Å². The number of nitrogens with one attached hydrogen (secondary N) is 1. The standard InChI is InChI=1S/C12H15N3O4/c1-2-19-10(17)5-9(16)11(18)8-6-14-12-7(15-8)3-4-13-12/h3-4,6,9,11,16,18H,2,5H2,1H3,(H,13,14). The van der Waals surface area contributed by atoms with Gasteiger partial charge in [-0.3, -0.25) is 4.79 Å². The van der Waals surface area contributed by atoms with Crippen molar-refractivity contribution < 1.29 is 19.7 Å². The molecule has 0 saturated carbocycles. The summed E-state index contributed by atoms with van der Waals surface area (Å²) in [6.07, 6.45) is 0.191. The van der Waals surface area contributed by atoms with Gasteiger partial charge >= 0.3 is 5.97 Å². The van der Waals surface area contributed by atoms with Crippen LogP contribution in [0.5, 0.6) is 0 Å². The van der Waals surface area contributed by atoms with Gasteiger partial charge in [0.1, 0.15) is 11.6 Å². The lowest BCUT2D eigenvalue weighted by molar-refractivity contribution is -0.147. The van der Waals surface area contributed by atoms with E-state index in [2.05, 4.69) is 15.0 Å². The highest BCUT2D eigenvalue weighted by Gasteiger charge is 2.23. The van der Waals surface area contributed by atoms with Crippen LogP contribution >= 0.6 is 0 Å². The first-order chi connectivity index (χ1) is 9.11. The Morgan fingerprint density at radius 1 is 1.53 bits per heavy atom. The highest BCUT2D eigenvalue weighted by Crippen LogP contribution is 2.18. The van der Waals surface area contributed by atoms with Crippen molar-refractivity contribution in [2.24, 2.45) is 0 Å². The third kappa shape index (κ3) is 3.07. The van der Waals surface area contributed by atoms with Crippen LogP contribution in [0.25, 0.3) is 11.2 Å². The zero-order chi connectivity index (χ0) is 13.8. The van der Waals surface area contributed by atoms with E-state index in [-0.39, 0.29) is 18.7 Å². The minimum absolute atomic E-state index is 0.212. The fraction of sp³-hybridized carbons (Fsp3) is 0.417. The number of hydrogen-bond donors (Lipinski definition) is 3. The molecule has 2 atom stereocenters. The fourth-order valence-electron chi connectivity index (χ4n) is 1.69. The van der Waals surface area contributed by atoms with Gasteiger partial charge in [0.05, 0.1) is 31.0 Å². The van der Waals surface area contributed by atoms with Crippen LogP contribution in [0.4, 0.5) is 0 Å². The van der Waals surface area contributed by atoms with Gasteiger partial charge in [-0.05, 0) is 13.0 Å². The Balaban J connectivity index is 2.09. The molecule has 2 aromatic heterocycles. The van der Waals surface area contributed by atoms with Gasteiger partial charge in [-0.2, -0.15) is 0 Å². The van der Waals surface area contributed by atoms with E-state index in [4.69, 9.17) is 4.74 Å². The first kappa shape index (κ1) is 13.4. The monoisotopic (exact) mass is 265 g/mol. The van der Waals surface area contributed by atoms with E-state index < -0.39 is 18.2 Å². The number of fused-ring (bicyclic) bond motifs is 1. The van der Waals surface area contributed by atoms with Crippen LogP contribution in [0, 0.1) is 0 Å². The van der Waals surface area contributed by atoms with Crippen molar-refractivity contribution >= 4 is 17.1 Å². The summed E-state index contributed by atoms with van der Waals surface area (Å²) in [5, 5.41) is 19.7. The summed E-state index contributed by atoms with van der Waals surface area (Å²) in [7, 11) is 0. The number of aliphatic hydroxyl groups excluding tert-OH is 2. The number of hydrogen-bond acceptors (Lipinski definition) is 6. The van der Waals surface area contributed by atoms with E-state index in [0.717, 1.165) is 0 Å². The van der Waals surface area contributed by atoms with Crippen LogP contribution in [-0.4, -0.2) is 43.8 Å². The maximum atomic E-state index is 11.2. The maximum Gasteiger partial charge on any atom is 0.308 e. The van der Waals surface area contributed by atoms with E-state index in [1.807, 2.05) is 0 Å². The van der Waals surface area contributed by atoms with Crippen LogP contribution in [0.1, 0.15) is 25.1 Å². The molecule has 0 aromatic carbocycles. The van der Waals surface area contributed by atoms with Gasteiger partial charge in [0.25, 0.3) is 0 Å². The molecule has 0 amide bonds. The van der Waals surface area contributed by atoms with Gasteiger partial charge in [0, 0.05) is 6.20 Å². The largest absolute Gasteiger partial charge is 0.466 e. The number of carbonyl (C=O) groups excluding carboxylic acids is 1.